The molecule has 0 saturated heterocycles. The van der Waals surface area contributed by atoms with E-state index < -0.39 is 24.1 Å². The van der Waals surface area contributed by atoms with E-state index in [0.717, 1.165) is 4.90 Å². The molecule has 4 rings (SSSR count). The van der Waals surface area contributed by atoms with Crippen molar-refractivity contribution in [3.8, 4) is 17.0 Å². The van der Waals surface area contributed by atoms with Gasteiger partial charge in [0.1, 0.15) is 29.2 Å². The first-order valence-corrected chi connectivity index (χ1v) is 12.3. The number of anilines is 1. The molecule has 0 aliphatic carbocycles. The summed E-state index contributed by atoms with van der Waals surface area (Å²) in [5.41, 5.74) is 0.311. The van der Waals surface area contributed by atoms with Crippen LogP contribution >= 0.6 is 11.8 Å². The number of halogens is 2. The van der Waals surface area contributed by atoms with Gasteiger partial charge in [0, 0.05) is 29.0 Å². The number of ether oxygens (including phenoxy) is 2. The highest BCUT2D eigenvalue weighted by Gasteiger charge is 2.24. The van der Waals surface area contributed by atoms with E-state index in [4.69, 9.17) is 9.47 Å². The smallest absolute Gasteiger partial charge is 0.387 e. The van der Waals surface area contributed by atoms with Crippen LogP contribution in [0.2, 0.25) is 0 Å². The summed E-state index contributed by atoms with van der Waals surface area (Å²) in [6.07, 6.45) is 7.79. The van der Waals surface area contributed by atoms with Gasteiger partial charge in [0.2, 0.25) is 0 Å². The summed E-state index contributed by atoms with van der Waals surface area (Å²) in [6, 6.07) is 6.33. The zero-order chi connectivity index (χ0) is 26.7. The molecule has 3 aromatic heterocycles. The number of rotatable bonds is 8. The molecule has 3 heterocycles. The van der Waals surface area contributed by atoms with E-state index in [2.05, 4.69) is 20.5 Å². The van der Waals surface area contributed by atoms with E-state index in [9.17, 15) is 18.4 Å². The molecule has 0 saturated carbocycles. The summed E-state index contributed by atoms with van der Waals surface area (Å²) in [5.74, 6) is -1.25. The van der Waals surface area contributed by atoms with Crippen LogP contribution in [0.5, 0.6) is 5.75 Å². The highest BCUT2D eigenvalue weighted by Crippen LogP contribution is 2.37. The molecule has 0 aliphatic rings. The van der Waals surface area contributed by atoms with Gasteiger partial charge in [-0.25, -0.2) is 9.50 Å². The molecule has 194 valence electrons. The number of hydrogen-bond donors (Lipinski definition) is 1. The predicted molar refractivity (Wildman–Crippen MR) is 133 cm³/mol. The van der Waals surface area contributed by atoms with Crippen molar-refractivity contribution in [1.29, 1.82) is 0 Å². The topological polar surface area (TPSA) is 113 Å². The van der Waals surface area contributed by atoms with Crippen LogP contribution in [0.25, 0.3) is 16.9 Å². The van der Waals surface area contributed by atoms with Gasteiger partial charge in [0.25, 0.3) is 5.91 Å². The van der Waals surface area contributed by atoms with Crippen molar-refractivity contribution >= 4 is 35.0 Å². The number of alkyl halides is 2. The zero-order valence-corrected chi connectivity index (χ0v) is 21.3. The van der Waals surface area contributed by atoms with Gasteiger partial charge in [0.05, 0.1) is 11.9 Å². The summed E-state index contributed by atoms with van der Waals surface area (Å²) in [7, 11) is 0. The lowest BCUT2D eigenvalue weighted by Crippen LogP contribution is -2.26. The number of carbonyl (C=O) groups is 2. The second-order valence-corrected chi connectivity index (χ2v) is 9.70. The molecule has 0 spiro atoms. The second kappa shape index (κ2) is 10.5. The van der Waals surface area contributed by atoms with Gasteiger partial charge >= 0.3 is 12.6 Å². The van der Waals surface area contributed by atoms with Crippen LogP contribution in [0.15, 0.2) is 53.9 Å². The van der Waals surface area contributed by atoms with Crippen molar-refractivity contribution in [1.82, 2.24) is 24.4 Å². The molecule has 13 heteroatoms. The molecular weight excluding hydrogens is 506 g/mol. The van der Waals surface area contributed by atoms with Crippen LogP contribution < -0.4 is 10.1 Å². The van der Waals surface area contributed by atoms with E-state index in [-0.39, 0.29) is 34.8 Å². The summed E-state index contributed by atoms with van der Waals surface area (Å²) < 4.78 is 39.2. The molecule has 0 radical (unpaired) electrons. The van der Waals surface area contributed by atoms with E-state index in [1.165, 1.54) is 45.6 Å². The Morgan fingerprint density at radius 3 is 2.73 bits per heavy atom. The maximum atomic E-state index is 13.2. The molecule has 0 bridgehead atoms. The van der Waals surface area contributed by atoms with Crippen LogP contribution in [0.3, 0.4) is 0 Å². The number of nitrogens with zero attached hydrogens (tertiary/aromatic N) is 5. The zero-order valence-electron chi connectivity index (χ0n) is 20.4. The summed E-state index contributed by atoms with van der Waals surface area (Å²) in [5, 5.41) is 11.3. The Balaban J connectivity index is 1.76. The number of nitrogens with one attached hydrogen (secondary N) is 1. The third kappa shape index (κ3) is 6.23. The minimum absolute atomic E-state index is 0.132. The van der Waals surface area contributed by atoms with Crippen molar-refractivity contribution in [3.63, 3.8) is 0 Å². The summed E-state index contributed by atoms with van der Waals surface area (Å²) >= 11 is 1.39. The fraction of sp³-hybridized carbons (Fsp3) is 0.292. The first kappa shape index (κ1) is 26.1. The van der Waals surface area contributed by atoms with E-state index in [0.29, 0.717) is 5.65 Å². The maximum Gasteiger partial charge on any atom is 0.387 e. The standard InChI is InChI=1S/C24H24F2N6O4S/c1-24(2,3)36-19(33)13-31-12-17(29-22(34)16-11-28-32-9-5-8-27-21(16)32)20(30-31)15-10-14(37-4)6-7-18(15)35-23(25)26/h5-12,23H,13H2,1-4H3,(H,29,34). The quantitative estimate of drug-likeness (QED) is 0.262. The lowest BCUT2D eigenvalue weighted by Gasteiger charge is -2.19. The lowest BCUT2D eigenvalue weighted by atomic mass is 10.1. The van der Waals surface area contributed by atoms with Gasteiger partial charge in [-0.1, -0.05) is 0 Å². The Morgan fingerprint density at radius 2 is 2.03 bits per heavy atom. The maximum absolute atomic E-state index is 13.2. The van der Waals surface area contributed by atoms with Crippen molar-refractivity contribution in [2.24, 2.45) is 0 Å². The van der Waals surface area contributed by atoms with Gasteiger partial charge in [-0.3, -0.25) is 14.3 Å². The third-order valence-corrected chi connectivity index (χ3v) is 5.63. The molecule has 0 unspecified atom stereocenters. The molecule has 1 aromatic carbocycles. The number of aromatic nitrogens is 5. The highest BCUT2D eigenvalue weighted by atomic mass is 32.2. The largest absolute Gasteiger partial charge is 0.459 e. The average Bonchev–Trinajstić information content (AvgIpc) is 3.41. The molecule has 37 heavy (non-hydrogen) atoms. The fourth-order valence-electron chi connectivity index (χ4n) is 3.50. The monoisotopic (exact) mass is 530 g/mol. The van der Waals surface area contributed by atoms with Crippen molar-refractivity contribution in [2.75, 3.05) is 11.6 Å². The first-order valence-electron chi connectivity index (χ1n) is 11.1. The normalized spacial score (nSPS) is 11.6. The Bertz CT molecular complexity index is 1450. The van der Waals surface area contributed by atoms with Crippen molar-refractivity contribution in [2.45, 2.75) is 44.4 Å². The van der Waals surface area contributed by atoms with Crippen LogP contribution in [0.4, 0.5) is 14.5 Å². The van der Waals surface area contributed by atoms with Gasteiger partial charge in [-0.2, -0.15) is 19.0 Å². The molecule has 10 nitrogen and oxygen atoms in total. The SMILES string of the molecule is CSc1ccc(OC(F)F)c(-c2nn(CC(=O)OC(C)(C)C)cc2NC(=O)c2cnn3cccnc23)c1. The third-order valence-electron chi connectivity index (χ3n) is 4.90. The van der Waals surface area contributed by atoms with E-state index in [1.807, 2.05) is 6.26 Å². The van der Waals surface area contributed by atoms with Gasteiger partial charge in [-0.15, -0.1) is 11.8 Å². The minimum Gasteiger partial charge on any atom is -0.459 e. The molecule has 0 aliphatic heterocycles. The van der Waals surface area contributed by atoms with Crippen LogP contribution in [0.1, 0.15) is 31.1 Å². The van der Waals surface area contributed by atoms with Gasteiger partial charge < -0.3 is 14.8 Å². The lowest BCUT2D eigenvalue weighted by molar-refractivity contribution is -0.155. The Kier molecular flexibility index (Phi) is 7.43. The number of benzene rings is 1. The Morgan fingerprint density at radius 1 is 1.24 bits per heavy atom. The van der Waals surface area contributed by atoms with Crippen molar-refractivity contribution in [3.05, 3.63) is 54.6 Å². The molecule has 0 atom stereocenters. The van der Waals surface area contributed by atoms with Crippen LogP contribution in [0, 0.1) is 0 Å². The van der Waals surface area contributed by atoms with Crippen LogP contribution in [-0.2, 0) is 16.1 Å². The number of esters is 1. The predicted octanol–water partition coefficient (Wildman–Crippen LogP) is 4.51. The van der Waals surface area contributed by atoms with Gasteiger partial charge in [0.15, 0.2) is 5.65 Å². The summed E-state index contributed by atoms with van der Waals surface area (Å²) in [6.45, 7) is 1.85. The number of carbonyl (C=O) groups excluding carboxylic acids is 2. The Hall–Kier alpha value is -4.00. The minimum atomic E-state index is -3.08. The fourth-order valence-corrected chi connectivity index (χ4v) is 3.94. The molecule has 1 N–H and O–H groups in total. The number of thioether (sulfide) groups is 1. The number of hydrogen-bond acceptors (Lipinski definition) is 8. The van der Waals surface area contributed by atoms with E-state index in [1.54, 1.807) is 45.2 Å². The molecule has 1 amide bonds. The Labute approximate surface area is 215 Å². The number of fused-ring (bicyclic) bond motifs is 1. The highest BCUT2D eigenvalue weighted by molar-refractivity contribution is 7.98. The molecular formula is C24H24F2N6O4S. The molecule has 0 fully saturated rings. The first-order chi connectivity index (χ1) is 17.5. The second-order valence-electron chi connectivity index (χ2n) is 8.82. The molecule has 4 aromatic rings. The number of amides is 1. The summed E-state index contributed by atoms with van der Waals surface area (Å²) in [4.78, 5) is 30.6. The van der Waals surface area contributed by atoms with E-state index >= 15 is 0 Å². The van der Waals surface area contributed by atoms with Crippen molar-refractivity contribution < 1.29 is 27.8 Å². The average molecular weight is 531 g/mol. The van der Waals surface area contributed by atoms with Crippen LogP contribution in [-0.4, -0.2) is 54.7 Å². The van der Waals surface area contributed by atoms with Gasteiger partial charge in [-0.05, 0) is 51.3 Å².